The van der Waals surface area contributed by atoms with Crippen LogP contribution in [0.25, 0.3) is 11.0 Å². The lowest BCUT2D eigenvalue weighted by atomic mass is 10.0. The van der Waals surface area contributed by atoms with E-state index in [0.717, 1.165) is 55.3 Å². The van der Waals surface area contributed by atoms with Crippen LogP contribution >= 0.6 is 0 Å². The molecular weight excluding hydrogens is 366 g/mol. The first kappa shape index (κ1) is 18.7. The number of furan rings is 1. The Balaban J connectivity index is 1.19. The minimum absolute atomic E-state index is 0.115. The first-order valence-electron chi connectivity index (χ1n) is 10.9. The molecule has 1 N–H and O–H groups in total. The highest BCUT2D eigenvalue weighted by atomic mass is 16.3. The lowest BCUT2D eigenvalue weighted by molar-refractivity contribution is -0.133. The van der Waals surface area contributed by atoms with Crippen molar-refractivity contribution in [3.63, 3.8) is 0 Å². The Kier molecular flexibility index (Phi) is 4.82. The van der Waals surface area contributed by atoms with Crippen LogP contribution < -0.4 is 5.32 Å². The third kappa shape index (κ3) is 3.78. The van der Waals surface area contributed by atoms with Crippen LogP contribution in [0.2, 0.25) is 0 Å². The van der Waals surface area contributed by atoms with Crippen molar-refractivity contribution in [2.24, 2.45) is 0 Å². The molecule has 3 aliphatic rings. The van der Waals surface area contributed by atoms with Crippen molar-refractivity contribution in [2.45, 2.75) is 57.5 Å². The van der Waals surface area contributed by atoms with Crippen molar-refractivity contribution in [1.29, 1.82) is 0 Å². The van der Waals surface area contributed by atoms with E-state index in [4.69, 9.17) is 4.42 Å². The molecule has 1 atom stereocenters. The van der Waals surface area contributed by atoms with Crippen LogP contribution in [0.4, 0.5) is 0 Å². The molecule has 1 aliphatic heterocycles. The number of piperazine rings is 1. The number of fused-ring (bicyclic) bond motifs is 2. The third-order valence-corrected chi connectivity index (χ3v) is 6.73. The highest BCUT2D eigenvalue weighted by molar-refractivity contribution is 5.89. The minimum Gasteiger partial charge on any atom is -0.464 e. The summed E-state index contributed by atoms with van der Waals surface area (Å²) in [5.41, 5.74) is 4.67. The second-order valence-corrected chi connectivity index (χ2v) is 8.78. The molecule has 5 rings (SSSR count). The third-order valence-electron chi connectivity index (χ3n) is 6.73. The molecule has 2 aromatic rings. The van der Waals surface area contributed by atoms with Gasteiger partial charge in [-0.3, -0.25) is 14.5 Å². The van der Waals surface area contributed by atoms with Crippen molar-refractivity contribution >= 4 is 22.8 Å². The summed E-state index contributed by atoms with van der Waals surface area (Å²) in [5.74, 6) is 0.257. The van der Waals surface area contributed by atoms with Gasteiger partial charge in [0.15, 0.2) is 0 Å². The van der Waals surface area contributed by atoms with Gasteiger partial charge >= 0.3 is 0 Å². The SMILES string of the molecule is C[C@@H](C(=O)NC1CC1)N1CCN(C(=O)Cc2coc3cc4c(cc23)CCC4)CC1. The second kappa shape index (κ2) is 7.48. The van der Waals surface area contributed by atoms with Crippen LogP contribution in [0.1, 0.15) is 42.9 Å². The summed E-state index contributed by atoms with van der Waals surface area (Å²) in [6.45, 7) is 4.79. The Labute approximate surface area is 171 Å². The Morgan fingerprint density at radius 1 is 1.14 bits per heavy atom. The second-order valence-electron chi connectivity index (χ2n) is 8.78. The zero-order chi connectivity index (χ0) is 20.0. The number of nitrogens with zero attached hydrogens (tertiary/aromatic N) is 2. The van der Waals surface area contributed by atoms with Crippen LogP contribution in [-0.2, 0) is 28.9 Å². The molecule has 1 aromatic heterocycles. The van der Waals surface area contributed by atoms with E-state index in [1.165, 1.54) is 17.5 Å². The van der Waals surface area contributed by atoms with Crippen LogP contribution in [0, 0.1) is 0 Å². The van der Waals surface area contributed by atoms with Gasteiger partial charge < -0.3 is 14.6 Å². The number of carbonyl (C=O) groups excluding carboxylic acids is 2. The lowest BCUT2D eigenvalue weighted by Crippen LogP contribution is -2.55. The van der Waals surface area contributed by atoms with Crippen LogP contribution in [0.15, 0.2) is 22.8 Å². The number of benzene rings is 1. The normalized spacial score (nSPS) is 20.7. The quantitative estimate of drug-likeness (QED) is 0.844. The fourth-order valence-corrected chi connectivity index (χ4v) is 4.63. The molecule has 1 saturated carbocycles. The smallest absolute Gasteiger partial charge is 0.237 e. The van der Waals surface area contributed by atoms with E-state index in [1.54, 1.807) is 6.26 Å². The molecule has 0 bridgehead atoms. The molecule has 0 spiro atoms. The summed E-state index contributed by atoms with van der Waals surface area (Å²) in [4.78, 5) is 29.3. The highest BCUT2D eigenvalue weighted by Crippen LogP contribution is 2.30. The summed E-state index contributed by atoms with van der Waals surface area (Å²) >= 11 is 0. The summed E-state index contributed by atoms with van der Waals surface area (Å²) in [6.07, 6.45) is 7.79. The van der Waals surface area contributed by atoms with E-state index in [1.807, 2.05) is 11.8 Å². The van der Waals surface area contributed by atoms with Gasteiger partial charge in [-0.05, 0) is 62.3 Å². The molecule has 1 aromatic carbocycles. The fourth-order valence-electron chi connectivity index (χ4n) is 4.63. The molecule has 154 valence electrons. The van der Waals surface area contributed by atoms with Crippen LogP contribution in [-0.4, -0.2) is 59.9 Å². The molecule has 0 unspecified atom stereocenters. The lowest BCUT2D eigenvalue weighted by Gasteiger charge is -2.37. The van der Waals surface area contributed by atoms with Gasteiger partial charge in [0.05, 0.1) is 18.7 Å². The van der Waals surface area contributed by atoms with E-state index in [9.17, 15) is 9.59 Å². The first-order valence-corrected chi connectivity index (χ1v) is 10.9. The topological polar surface area (TPSA) is 65.8 Å². The van der Waals surface area contributed by atoms with Gasteiger partial charge in [0.1, 0.15) is 5.58 Å². The van der Waals surface area contributed by atoms with Crippen molar-refractivity contribution < 1.29 is 14.0 Å². The van der Waals surface area contributed by atoms with Crippen molar-refractivity contribution in [2.75, 3.05) is 26.2 Å². The standard InChI is InChI=1S/C23H29N3O3/c1-15(23(28)24-19-5-6-19)25-7-9-26(10-8-25)22(27)13-18-14-29-21-12-17-4-2-3-16(17)11-20(18)21/h11-12,14-15,19H,2-10,13H2,1H3,(H,24,28)/t15-/m0/s1. The van der Waals surface area contributed by atoms with E-state index >= 15 is 0 Å². The van der Waals surface area contributed by atoms with Gasteiger partial charge in [-0.15, -0.1) is 0 Å². The Bertz CT molecular complexity index is 938. The van der Waals surface area contributed by atoms with E-state index < -0.39 is 0 Å². The molecule has 29 heavy (non-hydrogen) atoms. The Morgan fingerprint density at radius 2 is 1.86 bits per heavy atom. The van der Waals surface area contributed by atoms with Gasteiger partial charge in [-0.25, -0.2) is 0 Å². The predicted molar refractivity (Wildman–Crippen MR) is 111 cm³/mol. The zero-order valence-corrected chi connectivity index (χ0v) is 17.1. The largest absolute Gasteiger partial charge is 0.464 e. The van der Waals surface area contributed by atoms with Gasteiger partial charge in [-0.2, -0.15) is 0 Å². The summed E-state index contributed by atoms with van der Waals surface area (Å²) in [7, 11) is 0. The Hall–Kier alpha value is -2.34. The first-order chi connectivity index (χ1) is 14.1. The molecule has 1 saturated heterocycles. The van der Waals surface area contributed by atoms with Gasteiger partial charge in [-0.1, -0.05) is 0 Å². The molecule has 2 amide bonds. The van der Waals surface area contributed by atoms with E-state index in [-0.39, 0.29) is 17.9 Å². The van der Waals surface area contributed by atoms with Crippen molar-refractivity contribution in [3.8, 4) is 0 Å². The monoisotopic (exact) mass is 395 g/mol. The van der Waals surface area contributed by atoms with Crippen LogP contribution in [0.3, 0.4) is 0 Å². The fraction of sp³-hybridized carbons (Fsp3) is 0.565. The molecule has 2 fully saturated rings. The summed E-state index contributed by atoms with van der Waals surface area (Å²) in [6, 6.07) is 4.63. The minimum atomic E-state index is -0.132. The number of aryl methyl sites for hydroxylation is 2. The molecule has 6 heteroatoms. The average molecular weight is 396 g/mol. The van der Waals surface area contributed by atoms with Gasteiger partial charge in [0.25, 0.3) is 0 Å². The summed E-state index contributed by atoms with van der Waals surface area (Å²) in [5, 5.41) is 4.16. The molecule has 0 radical (unpaired) electrons. The van der Waals surface area contributed by atoms with Crippen LogP contribution in [0.5, 0.6) is 0 Å². The number of amides is 2. The molecule has 6 nitrogen and oxygen atoms in total. The zero-order valence-electron chi connectivity index (χ0n) is 17.1. The van der Waals surface area contributed by atoms with Crippen molar-refractivity contribution in [1.82, 2.24) is 15.1 Å². The maximum Gasteiger partial charge on any atom is 0.237 e. The highest BCUT2D eigenvalue weighted by Gasteiger charge is 2.31. The average Bonchev–Trinajstić information content (AvgIpc) is 3.29. The van der Waals surface area contributed by atoms with Crippen molar-refractivity contribution in [3.05, 3.63) is 35.1 Å². The maximum absolute atomic E-state index is 12.9. The molecular formula is C23H29N3O3. The van der Waals surface area contributed by atoms with E-state index in [2.05, 4.69) is 22.3 Å². The number of nitrogens with one attached hydrogen (secondary N) is 1. The molecule has 2 heterocycles. The number of rotatable bonds is 5. The number of carbonyl (C=O) groups is 2. The predicted octanol–water partition coefficient (Wildman–Crippen LogP) is 2.28. The number of hydrogen-bond donors (Lipinski definition) is 1. The van der Waals surface area contributed by atoms with E-state index in [0.29, 0.717) is 25.6 Å². The summed E-state index contributed by atoms with van der Waals surface area (Å²) < 4.78 is 5.75. The molecule has 2 aliphatic carbocycles. The van der Waals surface area contributed by atoms with Gasteiger partial charge in [0, 0.05) is 43.2 Å². The number of hydrogen-bond acceptors (Lipinski definition) is 4. The van der Waals surface area contributed by atoms with Gasteiger partial charge in [0.2, 0.25) is 11.8 Å². The Morgan fingerprint density at radius 3 is 2.59 bits per heavy atom. The maximum atomic E-state index is 12.9.